The van der Waals surface area contributed by atoms with Crippen molar-refractivity contribution in [3.8, 4) is 0 Å². The Balaban J connectivity index is 2.16. The second-order valence-electron chi connectivity index (χ2n) is 6.52. The monoisotopic (exact) mass is 308 g/mol. The van der Waals surface area contributed by atoms with Gasteiger partial charge in [-0.15, -0.1) is 11.3 Å². The zero-order chi connectivity index (χ0) is 15.6. The maximum Gasteiger partial charge on any atom is 0.223 e. The summed E-state index contributed by atoms with van der Waals surface area (Å²) < 4.78 is 0. The molecule has 1 atom stereocenters. The number of nitrogen functional groups attached to an aromatic ring is 1. The van der Waals surface area contributed by atoms with Crippen LogP contribution in [0.25, 0.3) is 10.2 Å². The molecule has 0 aliphatic rings. The molecule has 21 heavy (non-hydrogen) atoms. The van der Waals surface area contributed by atoms with Crippen LogP contribution in [0, 0.1) is 5.41 Å². The lowest BCUT2D eigenvalue weighted by atomic mass is 9.89. The van der Waals surface area contributed by atoms with Crippen molar-refractivity contribution in [2.75, 3.05) is 17.6 Å². The molecular weight excluding hydrogens is 284 g/mol. The second kappa shape index (κ2) is 6.15. The minimum absolute atomic E-state index is 0.0961. The van der Waals surface area contributed by atoms with E-state index in [-0.39, 0.29) is 11.4 Å². The lowest BCUT2D eigenvalue weighted by Gasteiger charge is -2.22. The highest BCUT2D eigenvalue weighted by atomic mass is 32.1. The fourth-order valence-electron chi connectivity index (χ4n) is 2.29. The number of aryl methyl sites for hydroxylation is 1. The molecule has 2 aromatic heterocycles. The van der Waals surface area contributed by atoms with Gasteiger partial charge in [0.25, 0.3) is 0 Å². The van der Waals surface area contributed by atoms with Crippen LogP contribution in [0.15, 0.2) is 6.07 Å². The van der Waals surface area contributed by atoms with Gasteiger partial charge in [0, 0.05) is 11.4 Å². The molecule has 2 aromatic rings. The summed E-state index contributed by atoms with van der Waals surface area (Å²) in [7, 11) is 0. The highest BCUT2D eigenvalue weighted by Gasteiger charge is 2.17. The summed E-state index contributed by atoms with van der Waals surface area (Å²) in [5.74, 6) is 0.973. The molecule has 0 aromatic carbocycles. The quantitative estimate of drug-likeness (QED) is 0.790. The van der Waals surface area contributed by atoms with Gasteiger partial charge in [0.2, 0.25) is 5.95 Å². The van der Waals surface area contributed by atoms with Crippen LogP contribution in [0.2, 0.25) is 0 Å². The predicted octanol–water partition coefficient (Wildman–Crippen LogP) is 3.04. The first-order chi connectivity index (χ1) is 9.78. The first-order valence-corrected chi connectivity index (χ1v) is 8.08. The molecule has 5 nitrogen and oxygen atoms in total. The van der Waals surface area contributed by atoms with E-state index < -0.39 is 6.10 Å². The third kappa shape index (κ3) is 4.28. The molecule has 6 heteroatoms. The van der Waals surface area contributed by atoms with Crippen LogP contribution in [-0.4, -0.2) is 27.7 Å². The Labute approximate surface area is 129 Å². The number of thiophene rings is 1. The minimum atomic E-state index is -0.416. The molecule has 116 valence electrons. The van der Waals surface area contributed by atoms with Crippen molar-refractivity contribution in [3.63, 3.8) is 0 Å². The topological polar surface area (TPSA) is 84.1 Å². The van der Waals surface area contributed by atoms with Gasteiger partial charge in [-0.25, -0.2) is 4.98 Å². The van der Waals surface area contributed by atoms with Crippen molar-refractivity contribution >= 4 is 33.3 Å². The fourth-order valence-corrected chi connectivity index (χ4v) is 3.26. The molecule has 1 unspecified atom stereocenters. The molecule has 0 radical (unpaired) electrons. The molecule has 0 saturated heterocycles. The number of fused-ring (bicyclic) bond motifs is 1. The van der Waals surface area contributed by atoms with Gasteiger partial charge in [-0.3, -0.25) is 0 Å². The number of hydrogen-bond donors (Lipinski definition) is 3. The van der Waals surface area contributed by atoms with E-state index in [2.05, 4.69) is 49.0 Å². The lowest BCUT2D eigenvalue weighted by molar-refractivity contribution is 0.132. The predicted molar refractivity (Wildman–Crippen MR) is 89.8 cm³/mol. The van der Waals surface area contributed by atoms with Crippen LogP contribution in [0.1, 0.15) is 39.0 Å². The number of anilines is 2. The molecule has 0 amide bonds. The minimum Gasteiger partial charge on any atom is -0.391 e. The van der Waals surface area contributed by atoms with Crippen molar-refractivity contribution in [1.29, 1.82) is 0 Å². The van der Waals surface area contributed by atoms with Gasteiger partial charge in [0.05, 0.1) is 11.5 Å². The van der Waals surface area contributed by atoms with Crippen LogP contribution in [-0.2, 0) is 6.42 Å². The van der Waals surface area contributed by atoms with E-state index in [9.17, 15) is 5.11 Å². The second-order valence-corrected chi connectivity index (χ2v) is 7.63. The Morgan fingerprint density at radius 3 is 2.71 bits per heavy atom. The Bertz CT molecular complexity index is 618. The van der Waals surface area contributed by atoms with E-state index in [4.69, 9.17) is 5.73 Å². The zero-order valence-electron chi connectivity index (χ0n) is 13.1. The van der Waals surface area contributed by atoms with Crippen molar-refractivity contribution < 1.29 is 5.11 Å². The molecule has 2 rings (SSSR count). The van der Waals surface area contributed by atoms with Gasteiger partial charge < -0.3 is 16.2 Å². The summed E-state index contributed by atoms with van der Waals surface area (Å²) in [6.45, 7) is 8.91. The maximum atomic E-state index is 10.1. The van der Waals surface area contributed by atoms with Crippen LogP contribution >= 0.6 is 11.3 Å². The van der Waals surface area contributed by atoms with Crippen molar-refractivity contribution in [2.45, 2.75) is 46.6 Å². The molecule has 0 aliphatic heterocycles. The summed E-state index contributed by atoms with van der Waals surface area (Å²) in [6.07, 6.45) is 1.28. The fraction of sp³-hybridized carbons (Fsp3) is 0.600. The van der Waals surface area contributed by atoms with Crippen LogP contribution in [0.4, 0.5) is 11.8 Å². The molecule has 0 spiro atoms. The standard InChI is InChI=1S/C15H24N4OS/c1-5-10-6-11-12(18-14(16)19-13(11)21-10)17-8-9(20)7-15(2,3)4/h6,9,20H,5,7-8H2,1-4H3,(H3,16,17,18,19). The maximum absolute atomic E-state index is 10.1. The first-order valence-electron chi connectivity index (χ1n) is 7.26. The van der Waals surface area contributed by atoms with E-state index in [1.54, 1.807) is 11.3 Å². The number of nitrogens with one attached hydrogen (secondary N) is 1. The van der Waals surface area contributed by atoms with Crippen molar-refractivity contribution in [3.05, 3.63) is 10.9 Å². The summed E-state index contributed by atoms with van der Waals surface area (Å²) in [6, 6.07) is 2.10. The number of nitrogens with two attached hydrogens (primary N) is 1. The molecule has 4 N–H and O–H groups in total. The number of aliphatic hydroxyl groups excluding tert-OH is 1. The average Bonchev–Trinajstić information content (AvgIpc) is 2.76. The summed E-state index contributed by atoms with van der Waals surface area (Å²) in [4.78, 5) is 10.7. The number of rotatable bonds is 5. The van der Waals surface area contributed by atoms with Gasteiger partial charge in [-0.1, -0.05) is 27.7 Å². The van der Waals surface area contributed by atoms with E-state index in [1.807, 2.05) is 0 Å². The Morgan fingerprint density at radius 1 is 1.38 bits per heavy atom. The average molecular weight is 308 g/mol. The molecule has 0 saturated carbocycles. The summed E-state index contributed by atoms with van der Waals surface area (Å²) in [5.41, 5.74) is 5.86. The number of hydrogen-bond acceptors (Lipinski definition) is 6. The third-order valence-electron chi connectivity index (χ3n) is 3.16. The summed E-state index contributed by atoms with van der Waals surface area (Å²) in [5, 5.41) is 14.3. The van der Waals surface area contributed by atoms with E-state index >= 15 is 0 Å². The van der Waals surface area contributed by atoms with E-state index in [0.29, 0.717) is 12.4 Å². The normalized spacial score (nSPS) is 13.6. The first kappa shape index (κ1) is 16.0. The Kier molecular flexibility index (Phi) is 4.68. The molecule has 0 aliphatic carbocycles. The van der Waals surface area contributed by atoms with Gasteiger partial charge in [-0.2, -0.15) is 4.98 Å². The van der Waals surface area contributed by atoms with Crippen LogP contribution < -0.4 is 11.1 Å². The summed E-state index contributed by atoms with van der Waals surface area (Å²) >= 11 is 1.64. The van der Waals surface area contributed by atoms with Crippen LogP contribution in [0.3, 0.4) is 0 Å². The van der Waals surface area contributed by atoms with Gasteiger partial charge in [0.15, 0.2) is 0 Å². The number of aliphatic hydroxyl groups is 1. The van der Waals surface area contributed by atoms with Gasteiger partial charge in [0.1, 0.15) is 10.6 Å². The zero-order valence-corrected chi connectivity index (χ0v) is 13.9. The molecule has 2 heterocycles. The molecular formula is C15H24N4OS. The van der Waals surface area contributed by atoms with E-state index in [1.165, 1.54) is 4.88 Å². The van der Waals surface area contributed by atoms with Gasteiger partial charge >= 0.3 is 0 Å². The van der Waals surface area contributed by atoms with Gasteiger partial charge in [-0.05, 0) is 24.3 Å². The Morgan fingerprint density at radius 2 is 2.10 bits per heavy atom. The van der Waals surface area contributed by atoms with E-state index in [0.717, 1.165) is 23.1 Å². The Hall–Kier alpha value is -1.40. The third-order valence-corrected chi connectivity index (χ3v) is 4.34. The highest BCUT2D eigenvalue weighted by Crippen LogP contribution is 2.30. The number of nitrogens with zero attached hydrogens (tertiary/aromatic N) is 2. The molecule has 0 bridgehead atoms. The smallest absolute Gasteiger partial charge is 0.223 e. The largest absolute Gasteiger partial charge is 0.391 e. The van der Waals surface area contributed by atoms with Crippen molar-refractivity contribution in [1.82, 2.24) is 9.97 Å². The van der Waals surface area contributed by atoms with Crippen LogP contribution in [0.5, 0.6) is 0 Å². The lowest BCUT2D eigenvalue weighted by Crippen LogP contribution is -2.25. The van der Waals surface area contributed by atoms with Crippen molar-refractivity contribution in [2.24, 2.45) is 5.41 Å². The SMILES string of the molecule is CCc1cc2c(NCC(O)CC(C)(C)C)nc(N)nc2s1. The highest BCUT2D eigenvalue weighted by molar-refractivity contribution is 7.18. The molecule has 0 fully saturated rings. The number of aromatic nitrogens is 2.